The van der Waals surface area contributed by atoms with Crippen molar-refractivity contribution in [1.82, 2.24) is 29.8 Å². The van der Waals surface area contributed by atoms with Crippen LogP contribution in [-0.4, -0.2) is 70.2 Å². The summed E-state index contributed by atoms with van der Waals surface area (Å²) in [4.78, 5) is 42.2. The number of halogens is 1. The number of nitrogens with one attached hydrogen (secondary N) is 3. The Hall–Kier alpha value is -4.16. The van der Waals surface area contributed by atoms with Gasteiger partial charge < -0.3 is 19.8 Å². The molecule has 4 aromatic rings. The van der Waals surface area contributed by atoms with Crippen molar-refractivity contribution in [3.05, 3.63) is 57.6 Å². The van der Waals surface area contributed by atoms with Gasteiger partial charge >= 0.3 is 6.09 Å². The van der Waals surface area contributed by atoms with Gasteiger partial charge in [0.2, 0.25) is 11.8 Å². The first-order valence-corrected chi connectivity index (χ1v) is 12.5. The number of hydrogen-bond acceptors (Lipinski definition) is 9. The van der Waals surface area contributed by atoms with E-state index >= 15 is 0 Å². The normalized spacial score (nSPS) is 11.6. The zero-order valence-corrected chi connectivity index (χ0v) is 23.4. The highest BCUT2D eigenvalue weighted by Gasteiger charge is 2.20. The van der Waals surface area contributed by atoms with E-state index in [0.717, 1.165) is 17.0 Å². The fourth-order valence-electron chi connectivity index (χ4n) is 3.70. The summed E-state index contributed by atoms with van der Waals surface area (Å²) >= 11 is 6.48. The number of fused-ring (bicyclic) bond motifs is 1. The Bertz CT molecular complexity index is 1560. The van der Waals surface area contributed by atoms with Crippen molar-refractivity contribution in [2.75, 3.05) is 44.9 Å². The minimum Gasteiger partial charge on any atom is -0.412 e. The van der Waals surface area contributed by atoms with E-state index in [1.807, 2.05) is 39.8 Å². The third kappa shape index (κ3) is 6.47. The van der Waals surface area contributed by atoms with Crippen molar-refractivity contribution in [3.63, 3.8) is 0 Å². The Morgan fingerprint density at radius 2 is 1.95 bits per heavy atom. The lowest BCUT2D eigenvalue weighted by atomic mass is 9.93. The van der Waals surface area contributed by atoms with Gasteiger partial charge in [0.05, 0.1) is 5.56 Å². The standard InChI is InChI=1S/C26H31ClN8O4/c1-26(2,3)20-13-21(33-32-20)39-25(37)30-16-7-8-19(27)17(12-16)18-11-15-14-29-24(28-9-10-34(4)5)31-22(15)35(38-6)23(18)36/h7-8,11-14H,9-10H2,1-6H3,(H,30,37)(H,32,33)(H,28,29,31). The van der Waals surface area contributed by atoms with Gasteiger partial charge in [-0.05, 0) is 38.4 Å². The van der Waals surface area contributed by atoms with Crippen molar-refractivity contribution in [2.24, 2.45) is 0 Å². The molecule has 13 heteroatoms. The number of H-pyrrole nitrogens is 1. The van der Waals surface area contributed by atoms with Crippen LogP contribution in [0.15, 0.2) is 41.3 Å². The van der Waals surface area contributed by atoms with E-state index in [-0.39, 0.29) is 16.9 Å². The molecule has 1 aromatic carbocycles. The average Bonchev–Trinajstić information content (AvgIpc) is 3.34. The highest BCUT2D eigenvalue weighted by molar-refractivity contribution is 6.33. The van der Waals surface area contributed by atoms with Crippen LogP contribution >= 0.6 is 11.6 Å². The van der Waals surface area contributed by atoms with Crippen LogP contribution in [0.25, 0.3) is 22.2 Å². The van der Waals surface area contributed by atoms with Crippen LogP contribution in [0, 0.1) is 0 Å². The number of pyridine rings is 1. The number of amides is 1. The Kier molecular flexibility index (Phi) is 8.07. The number of rotatable bonds is 8. The maximum Gasteiger partial charge on any atom is 0.418 e. The van der Waals surface area contributed by atoms with Gasteiger partial charge in [0, 0.05) is 58.1 Å². The van der Waals surface area contributed by atoms with Crippen molar-refractivity contribution < 1.29 is 14.4 Å². The number of nitrogens with zero attached hydrogens (tertiary/aromatic N) is 5. The van der Waals surface area contributed by atoms with Crippen LogP contribution < -0.4 is 25.8 Å². The number of aromatic nitrogens is 5. The number of carbonyl (C=O) groups is 1. The molecule has 3 N–H and O–H groups in total. The maximum absolute atomic E-state index is 13.4. The molecule has 0 bridgehead atoms. The Labute approximate surface area is 230 Å². The third-order valence-corrected chi connectivity index (χ3v) is 6.12. The topological polar surface area (TPSA) is 139 Å². The molecule has 0 saturated carbocycles. The van der Waals surface area contributed by atoms with Gasteiger partial charge in [0.1, 0.15) is 7.11 Å². The number of benzene rings is 1. The van der Waals surface area contributed by atoms with Gasteiger partial charge in [-0.15, -0.1) is 9.83 Å². The lowest BCUT2D eigenvalue weighted by molar-refractivity contribution is 0.168. The van der Waals surface area contributed by atoms with Crippen LogP contribution in [0.4, 0.5) is 16.4 Å². The van der Waals surface area contributed by atoms with Gasteiger partial charge in [-0.25, -0.2) is 9.78 Å². The predicted molar refractivity (Wildman–Crippen MR) is 151 cm³/mol. The van der Waals surface area contributed by atoms with E-state index in [2.05, 4.69) is 30.8 Å². The average molecular weight is 555 g/mol. The van der Waals surface area contributed by atoms with Crippen LogP contribution in [0.1, 0.15) is 26.5 Å². The number of hydrogen-bond donors (Lipinski definition) is 3. The molecule has 12 nitrogen and oxygen atoms in total. The zero-order chi connectivity index (χ0) is 28.3. The molecule has 0 aliphatic rings. The number of aromatic amines is 1. The molecule has 0 atom stereocenters. The maximum atomic E-state index is 13.4. The summed E-state index contributed by atoms with van der Waals surface area (Å²) < 4.78 is 6.39. The fourth-order valence-corrected chi connectivity index (χ4v) is 3.92. The smallest absolute Gasteiger partial charge is 0.412 e. The molecule has 0 unspecified atom stereocenters. The van der Waals surface area contributed by atoms with E-state index in [0.29, 0.717) is 39.8 Å². The summed E-state index contributed by atoms with van der Waals surface area (Å²) in [5.41, 5.74) is 1.46. The molecule has 39 heavy (non-hydrogen) atoms. The largest absolute Gasteiger partial charge is 0.418 e. The van der Waals surface area contributed by atoms with Crippen molar-refractivity contribution in [3.8, 4) is 17.0 Å². The second-order valence-electron chi connectivity index (χ2n) is 10.1. The quantitative estimate of drug-likeness (QED) is 0.297. The number of likely N-dealkylation sites (N-methyl/N-ethyl adjacent to an activating group) is 1. The highest BCUT2D eigenvalue weighted by Crippen LogP contribution is 2.30. The predicted octanol–water partition coefficient (Wildman–Crippen LogP) is 3.78. The van der Waals surface area contributed by atoms with Crippen LogP contribution in [0.2, 0.25) is 5.02 Å². The summed E-state index contributed by atoms with van der Waals surface area (Å²) in [6.07, 6.45) is 0.854. The first kappa shape index (κ1) is 27.9. The fraction of sp³-hybridized carbons (Fsp3) is 0.346. The Morgan fingerprint density at radius 1 is 1.18 bits per heavy atom. The molecular formula is C26H31ClN8O4. The highest BCUT2D eigenvalue weighted by atomic mass is 35.5. The van der Waals surface area contributed by atoms with E-state index in [1.165, 1.54) is 7.11 Å². The van der Waals surface area contributed by atoms with Gasteiger partial charge in [-0.1, -0.05) is 32.4 Å². The molecule has 0 radical (unpaired) electrons. The summed E-state index contributed by atoms with van der Waals surface area (Å²) in [6.45, 7) is 7.45. The third-order valence-electron chi connectivity index (χ3n) is 5.79. The van der Waals surface area contributed by atoms with E-state index in [1.54, 1.807) is 36.5 Å². The van der Waals surface area contributed by atoms with E-state index in [9.17, 15) is 9.59 Å². The molecule has 1 amide bonds. The monoisotopic (exact) mass is 554 g/mol. The molecule has 0 saturated heterocycles. The minimum atomic E-state index is -0.745. The van der Waals surface area contributed by atoms with Crippen molar-refractivity contribution in [1.29, 1.82) is 0 Å². The van der Waals surface area contributed by atoms with E-state index < -0.39 is 11.7 Å². The van der Waals surface area contributed by atoms with Gasteiger partial charge in [0.15, 0.2) is 5.65 Å². The minimum absolute atomic E-state index is 0.139. The summed E-state index contributed by atoms with van der Waals surface area (Å²) in [7, 11) is 5.31. The zero-order valence-electron chi connectivity index (χ0n) is 22.6. The second kappa shape index (κ2) is 11.3. The number of carbonyl (C=O) groups excluding carboxylic acids is 1. The molecule has 0 aliphatic carbocycles. The molecule has 3 heterocycles. The SMILES string of the molecule is COn1c(=O)c(-c2cc(NC(=O)Oc3cc(C(C)(C)C)[nH]n3)ccc2Cl)cc2cnc(NCCN(C)C)nc21. The Morgan fingerprint density at radius 3 is 2.62 bits per heavy atom. The van der Waals surface area contributed by atoms with Gasteiger partial charge in [-0.3, -0.25) is 15.2 Å². The first-order chi connectivity index (χ1) is 18.5. The molecule has 4 rings (SSSR count). The first-order valence-electron chi connectivity index (χ1n) is 12.2. The molecule has 0 fully saturated rings. The lowest BCUT2D eigenvalue weighted by Crippen LogP contribution is -2.28. The number of ether oxygens (including phenoxy) is 1. The Balaban J connectivity index is 1.61. The second-order valence-corrected chi connectivity index (χ2v) is 10.5. The van der Waals surface area contributed by atoms with Crippen LogP contribution in [0.5, 0.6) is 5.88 Å². The van der Waals surface area contributed by atoms with Crippen molar-refractivity contribution in [2.45, 2.75) is 26.2 Å². The summed E-state index contributed by atoms with van der Waals surface area (Å²) in [5.74, 6) is 0.510. The van der Waals surface area contributed by atoms with Gasteiger partial charge in [-0.2, -0.15) is 4.98 Å². The molecule has 3 aromatic heterocycles. The molecular weight excluding hydrogens is 524 g/mol. The summed E-state index contributed by atoms with van der Waals surface area (Å²) in [5, 5.41) is 13.5. The lowest BCUT2D eigenvalue weighted by Gasteiger charge is -2.14. The van der Waals surface area contributed by atoms with E-state index in [4.69, 9.17) is 21.2 Å². The molecule has 206 valence electrons. The number of anilines is 2. The summed E-state index contributed by atoms with van der Waals surface area (Å²) in [6, 6.07) is 8.06. The van der Waals surface area contributed by atoms with Crippen LogP contribution in [-0.2, 0) is 5.41 Å². The molecule has 0 spiro atoms. The molecule has 0 aliphatic heterocycles. The van der Waals surface area contributed by atoms with Crippen LogP contribution in [0.3, 0.4) is 0 Å². The van der Waals surface area contributed by atoms with Crippen molar-refractivity contribution >= 4 is 40.4 Å². The van der Waals surface area contributed by atoms with Gasteiger partial charge in [0.25, 0.3) is 5.56 Å².